The molecule has 28 heavy (non-hydrogen) atoms. The molecule has 0 aliphatic carbocycles. The molecule has 1 heterocycles. The van der Waals surface area contributed by atoms with Crippen LogP contribution in [0.1, 0.15) is 27.9 Å². The van der Waals surface area contributed by atoms with Crippen LogP contribution in [0.15, 0.2) is 30.3 Å². The topological polar surface area (TPSA) is 37.6 Å². The Hall–Kier alpha value is -2.38. The highest BCUT2D eigenvalue weighted by molar-refractivity contribution is 7.22. The lowest BCUT2D eigenvalue weighted by Gasteiger charge is -2.21. The van der Waals surface area contributed by atoms with Crippen molar-refractivity contribution in [1.29, 1.82) is 0 Å². The Morgan fingerprint density at radius 2 is 1.82 bits per heavy atom. The maximum atomic E-state index is 14.2. The average Bonchev–Trinajstić information content (AvgIpc) is 3.06. The van der Waals surface area contributed by atoms with Crippen molar-refractivity contribution >= 4 is 32.6 Å². The van der Waals surface area contributed by atoms with E-state index in [1.165, 1.54) is 27.2 Å². The Morgan fingerprint density at radius 1 is 1.14 bits per heavy atom. The van der Waals surface area contributed by atoms with E-state index in [-0.39, 0.29) is 0 Å². The summed E-state index contributed by atoms with van der Waals surface area (Å²) < 4.78 is 29.4. The molecule has 1 amide bonds. The second kappa shape index (κ2) is 8.32. The van der Waals surface area contributed by atoms with Crippen LogP contribution in [0.25, 0.3) is 10.2 Å². The number of rotatable bonds is 6. The number of fused-ring (bicyclic) bond motifs is 1. The molecule has 1 N–H and O–H groups in total. The number of quaternary nitrogens is 1. The Bertz CT molecular complexity index is 996. The number of nitrogens with zero attached hydrogens (tertiary/aromatic N) is 2. The van der Waals surface area contributed by atoms with Crippen molar-refractivity contribution in [1.82, 2.24) is 4.98 Å². The van der Waals surface area contributed by atoms with Gasteiger partial charge in [0.2, 0.25) is 0 Å². The number of anilines is 1. The van der Waals surface area contributed by atoms with Crippen molar-refractivity contribution in [2.24, 2.45) is 0 Å². The van der Waals surface area contributed by atoms with Crippen molar-refractivity contribution < 1.29 is 18.5 Å². The third kappa shape index (κ3) is 4.05. The molecule has 148 valence electrons. The summed E-state index contributed by atoms with van der Waals surface area (Å²) in [7, 11) is 4.04. The van der Waals surface area contributed by atoms with Crippen LogP contribution in [0, 0.1) is 25.5 Å². The van der Waals surface area contributed by atoms with Crippen LogP contribution in [-0.4, -0.2) is 38.1 Å². The van der Waals surface area contributed by atoms with Crippen LogP contribution in [0.4, 0.5) is 13.9 Å². The molecule has 0 spiro atoms. The lowest BCUT2D eigenvalue weighted by Crippen LogP contribution is -3.05. The summed E-state index contributed by atoms with van der Waals surface area (Å²) in [4.78, 5) is 20.4. The van der Waals surface area contributed by atoms with Crippen molar-refractivity contribution in [2.75, 3.05) is 32.1 Å². The number of nitrogens with one attached hydrogen (secondary N) is 1. The summed E-state index contributed by atoms with van der Waals surface area (Å²) in [5, 5.41) is 0.463. The normalized spacial score (nSPS) is 11.4. The number of carbonyl (C=O) groups excluding carboxylic acids is 1. The van der Waals surface area contributed by atoms with E-state index < -0.39 is 23.1 Å². The van der Waals surface area contributed by atoms with Gasteiger partial charge >= 0.3 is 0 Å². The van der Waals surface area contributed by atoms with Crippen LogP contribution >= 0.6 is 11.3 Å². The van der Waals surface area contributed by atoms with E-state index in [0.717, 1.165) is 40.0 Å². The zero-order valence-electron chi connectivity index (χ0n) is 16.5. The smallest absolute Gasteiger partial charge is 0.266 e. The Kier molecular flexibility index (Phi) is 6.05. The SMILES string of the molecule is Cc1ccc2sc(N(CCC[NH+](C)C)C(=O)c3c(F)cccc3F)nc2c1C. The third-order valence-corrected chi connectivity index (χ3v) is 5.83. The molecule has 0 unspecified atom stereocenters. The highest BCUT2D eigenvalue weighted by Gasteiger charge is 2.27. The van der Waals surface area contributed by atoms with Gasteiger partial charge in [0.15, 0.2) is 5.13 Å². The molecule has 3 rings (SSSR count). The first-order valence-electron chi connectivity index (χ1n) is 9.21. The maximum Gasteiger partial charge on any atom is 0.266 e. The van der Waals surface area contributed by atoms with Crippen molar-refractivity contribution in [3.63, 3.8) is 0 Å². The standard InChI is InChI=1S/C21H23F2N3OS/c1-13-9-10-17-19(14(13)2)24-21(28-17)26(12-6-11-25(3)4)20(27)18-15(22)7-5-8-16(18)23/h5,7-10H,6,11-12H2,1-4H3/p+1. The maximum absolute atomic E-state index is 14.2. The highest BCUT2D eigenvalue weighted by atomic mass is 32.1. The van der Waals surface area contributed by atoms with E-state index >= 15 is 0 Å². The van der Waals surface area contributed by atoms with Gasteiger partial charge in [-0.25, -0.2) is 13.8 Å². The predicted octanol–water partition coefficient (Wildman–Crippen LogP) is 3.37. The van der Waals surface area contributed by atoms with E-state index in [1.807, 2.05) is 40.1 Å². The monoisotopic (exact) mass is 404 g/mol. The number of aromatic nitrogens is 1. The van der Waals surface area contributed by atoms with Gasteiger partial charge in [-0.05, 0) is 43.2 Å². The van der Waals surface area contributed by atoms with Gasteiger partial charge in [-0.15, -0.1) is 0 Å². The minimum absolute atomic E-state index is 0.343. The van der Waals surface area contributed by atoms with Crippen molar-refractivity contribution in [3.05, 3.63) is 58.7 Å². The highest BCUT2D eigenvalue weighted by Crippen LogP contribution is 2.33. The van der Waals surface area contributed by atoms with Gasteiger partial charge in [0.1, 0.15) is 17.2 Å². The Morgan fingerprint density at radius 3 is 2.46 bits per heavy atom. The molecule has 0 saturated heterocycles. The number of hydrogen-bond donors (Lipinski definition) is 1. The van der Waals surface area contributed by atoms with E-state index in [9.17, 15) is 13.6 Å². The first kappa shape index (κ1) is 20.4. The first-order valence-corrected chi connectivity index (χ1v) is 10.0. The minimum atomic E-state index is -0.860. The van der Waals surface area contributed by atoms with Gasteiger partial charge in [0.05, 0.1) is 30.9 Å². The summed E-state index contributed by atoms with van der Waals surface area (Å²) in [6.45, 7) is 5.16. The van der Waals surface area contributed by atoms with Crippen molar-refractivity contribution in [2.45, 2.75) is 20.3 Å². The predicted molar refractivity (Wildman–Crippen MR) is 109 cm³/mol. The first-order chi connectivity index (χ1) is 13.3. The third-order valence-electron chi connectivity index (χ3n) is 4.78. The van der Waals surface area contributed by atoms with Gasteiger partial charge < -0.3 is 4.90 Å². The molecule has 4 nitrogen and oxygen atoms in total. The van der Waals surface area contributed by atoms with Gasteiger partial charge in [-0.1, -0.05) is 23.5 Å². The number of benzene rings is 2. The molecule has 0 bridgehead atoms. The molecule has 0 saturated carbocycles. The summed E-state index contributed by atoms with van der Waals surface area (Å²) in [6.07, 6.45) is 0.693. The second-order valence-electron chi connectivity index (χ2n) is 7.21. The van der Waals surface area contributed by atoms with Gasteiger partial charge in [0, 0.05) is 13.0 Å². The molecular weight excluding hydrogens is 380 g/mol. The molecule has 1 aromatic heterocycles. The fourth-order valence-electron chi connectivity index (χ4n) is 3.04. The zero-order valence-corrected chi connectivity index (χ0v) is 17.3. The second-order valence-corrected chi connectivity index (χ2v) is 8.22. The van der Waals surface area contributed by atoms with E-state index in [1.54, 1.807) is 0 Å². The number of aryl methyl sites for hydroxylation is 2. The van der Waals surface area contributed by atoms with Crippen LogP contribution in [0.3, 0.4) is 0 Å². The minimum Gasteiger partial charge on any atom is -0.340 e. The molecule has 0 radical (unpaired) electrons. The Labute approximate surface area is 167 Å². The summed E-state index contributed by atoms with van der Waals surface area (Å²) in [5.41, 5.74) is 2.44. The summed E-state index contributed by atoms with van der Waals surface area (Å²) in [5.74, 6) is -2.42. The molecular formula is C21H24F2N3OS+. The van der Waals surface area contributed by atoms with E-state index in [2.05, 4.69) is 4.98 Å². The number of thiazole rings is 1. The number of hydrogen-bond acceptors (Lipinski definition) is 3. The summed E-state index contributed by atoms with van der Waals surface area (Å²) >= 11 is 1.36. The number of amides is 1. The van der Waals surface area contributed by atoms with Crippen LogP contribution in [-0.2, 0) is 0 Å². The van der Waals surface area contributed by atoms with E-state index in [0.29, 0.717) is 18.1 Å². The zero-order chi connectivity index (χ0) is 20.4. The van der Waals surface area contributed by atoms with Crippen LogP contribution in [0.2, 0.25) is 0 Å². The van der Waals surface area contributed by atoms with Gasteiger partial charge in [0.25, 0.3) is 5.91 Å². The molecule has 7 heteroatoms. The average molecular weight is 405 g/mol. The molecule has 0 aliphatic rings. The summed E-state index contributed by atoms with van der Waals surface area (Å²) in [6, 6.07) is 7.44. The molecule has 0 fully saturated rings. The largest absolute Gasteiger partial charge is 0.340 e. The van der Waals surface area contributed by atoms with Crippen molar-refractivity contribution in [3.8, 4) is 0 Å². The van der Waals surface area contributed by atoms with E-state index in [4.69, 9.17) is 0 Å². The molecule has 3 aromatic rings. The lowest BCUT2D eigenvalue weighted by atomic mass is 10.1. The molecule has 0 aliphatic heterocycles. The van der Waals surface area contributed by atoms with Crippen LogP contribution < -0.4 is 9.80 Å². The number of halogens is 2. The molecule has 0 atom stereocenters. The Balaban J connectivity index is 2.04. The van der Waals surface area contributed by atoms with Crippen LogP contribution in [0.5, 0.6) is 0 Å². The number of carbonyl (C=O) groups is 1. The fourth-order valence-corrected chi connectivity index (χ4v) is 4.09. The quantitative estimate of drug-likeness (QED) is 0.684. The molecule has 2 aromatic carbocycles. The van der Waals surface area contributed by atoms with Gasteiger partial charge in [-0.3, -0.25) is 9.69 Å². The van der Waals surface area contributed by atoms with Gasteiger partial charge in [-0.2, -0.15) is 0 Å². The lowest BCUT2D eigenvalue weighted by molar-refractivity contribution is -0.858. The fraction of sp³-hybridized carbons (Fsp3) is 0.333.